The van der Waals surface area contributed by atoms with E-state index in [0.717, 1.165) is 30.6 Å². The normalized spacial score (nSPS) is 10.7. The van der Waals surface area contributed by atoms with E-state index in [1.54, 1.807) is 0 Å². The predicted molar refractivity (Wildman–Crippen MR) is 71.3 cm³/mol. The summed E-state index contributed by atoms with van der Waals surface area (Å²) in [5, 5.41) is 4.52. The fourth-order valence-electron chi connectivity index (χ4n) is 1.90. The Labute approximate surface area is 102 Å². The summed E-state index contributed by atoms with van der Waals surface area (Å²) in [5.74, 6) is 0.706. The maximum Gasteiger partial charge on any atom is 0.127 e. The molecule has 1 aromatic heterocycles. The SMILES string of the molecule is CCCc1cc(N)n(-c2ccc(CC)cc2)n1. The summed E-state index contributed by atoms with van der Waals surface area (Å²) in [6, 6.07) is 10.3. The quantitative estimate of drug-likeness (QED) is 0.876. The Morgan fingerprint density at radius 3 is 2.47 bits per heavy atom. The third-order valence-electron chi connectivity index (χ3n) is 2.88. The van der Waals surface area contributed by atoms with Crippen LogP contribution >= 0.6 is 0 Å². The lowest BCUT2D eigenvalue weighted by atomic mass is 10.1. The molecule has 0 aliphatic rings. The third kappa shape index (κ3) is 2.49. The Morgan fingerprint density at radius 2 is 1.88 bits per heavy atom. The number of aryl methyl sites for hydroxylation is 2. The van der Waals surface area contributed by atoms with E-state index in [1.165, 1.54) is 5.56 Å². The molecule has 2 aromatic rings. The molecular formula is C14H19N3. The van der Waals surface area contributed by atoms with Crippen molar-refractivity contribution in [3.05, 3.63) is 41.6 Å². The van der Waals surface area contributed by atoms with E-state index in [-0.39, 0.29) is 0 Å². The fourth-order valence-corrected chi connectivity index (χ4v) is 1.90. The van der Waals surface area contributed by atoms with Crippen LogP contribution in [0.2, 0.25) is 0 Å². The Morgan fingerprint density at radius 1 is 1.18 bits per heavy atom. The Bertz CT molecular complexity index is 483. The van der Waals surface area contributed by atoms with Crippen molar-refractivity contribution >= 4 is 5.82 Å². The molecular weight excluding hydrogens is 210 g/mol. The van der Waals surface area contributed by atoms with Crippen molar-refractivity contribution < 1.29 is 0 Å². The van der Waals surface area contributed by atoms with Crippen molar-refractivity contribution in [1.29, 1.82) is 0 Å². The minimum absolute atomic E-state index is 0.706. The van der Waals surface area contributed by atoms with Gasteiger partial charge in [-0.25, -0.2) is 4.68 Å². The zero-order valence-corrected chi connectivity index (χ0v) is 10.5. The highest BCUT2D eigenvalue weighted by Gasteiger charge is 2.06. The molecule has 0 amide bonds. The van der Waals surface area contributed by atoms with E-state index in [4.69, 9.17) is 5.73 Å². The Balaban J connectivity index is 2.31. The molecule has 90 valence electrons. The maximum atomic E-state index is 5.97. The van der Waals surface area contributed by atoms with Crippen LogP contribution in [-0.4, -0.2) is 9.78 Å². The number of hydrogen-bond acceptors (Lipinski definition) is 2. The first-order valence-corrected chi connectivity index (χ1v) is 6.18. The van der Waals surface area contributed by atoms with Crippen molar-refractivity contribution in [3.63, 3.8) is 0 Å². The van der Waals surface area contributed by atoms with Crippen molar-refractivity contribution in [2.75, 3.05) is 5.73 Å². The number of rotatable bonds is 4. The molecule has 2 N–H and O–H groups in total. The molecule has 3 heteroatoms. The molecule has 0 saturated heterocycles. The standard InChI is InChI=1S/C14H19N3/c1-3-5-12-10-14(15)17(16-12)13-8-6-11(4-2)7-9-13/h6-10H,3-5,15H2,1-2H3. The molecule has 0 saturated carbocycles. The predicted octanol–water partition coefficient (Wildman–Crippen LogP) is 2.97. The molecule has 0 bridgehead atoms. The van der Waals surface area contributed by atoms with E-state index < -0.39 is 0 Å². The number of benzene rings is 1. The van der Waals surface area contributed by atoms with Gasteiger partial charge in [-0.3, -0.25) is 0 Å². The van der Waals surface area contributed by atoms with Crippen molar-refractivity contribution in [2.45, 2.75) is 33.1 Å². The minimum atomic E-state index is 0.706. The van der Waals surface area contributed by atoms with Crippen molar-refractivity contribution in [2.24, 2.45) is 0 Å². The number of anilines is 1. The van der Waals surface area contributed by atoms with Crippen LogP contribution in [0.3, 0.4) is 0 Å². The van der Waals surface area contributed by atoms with Gasteiger partial charge in [-0.2, -0.15) is 5.10 Å². The fraction of sp³-hybridized carbons (Fsp3) is 0.357. The summed E-state index contributed by atoms with van der Waals surface area (Å²) in [6.07, 6.45) is 3.12. The molecule has 0 spiro atoms. The average molecular weight is 229 g/mol. The van der Waals surface area contributed by atoms with Gasteiger partial charge < -0.3 is 5.73 Å². The van der Waals surface area contributed by atoms with Gasteiger partial charge in [0.15, 0.2) is 0 Å². The summed E-state index contributed by atoms with van der Waals surface area (Å²) in [4.78, 5) is 0. The van der Waals surface area contributed by atoms with E-state index in [1.807, 2.05) is 10.7 Å². The molecule has 0 atom stereocenters. The lowest BCUT2D eigenvalue weighted by molar-refractivity contribution is 0.811. The lowest BCUT2D eigenvalue weighted by Crippen LogP contribution is -2.02. The zero-order chi connectivity index (χ0) is 12.3. The molecule has 0 radical (unpaired) electrons. The highest BCUT2D eigenvalue weighted by Crippen LogP contribution is 2.16. The second kappa shape index (κ2) is 5.04. The average Bonchev–Trinajstić information content (AvgIpc) is 2.71. The monoisotopic (exact) mass is 229 g/mol. The number of nitrogens with zero attached hydrogens (tertiary/aromatic N) is 2. The zero-order valence-electron chi connectivity index (χ0n) is 10.5. The summed E-state index contributed by atoms with van der Waals surface area (Å²) in [7, 11) is 0. The first-order chi connectivity index (χ1) is 8.24. The van der Waals surface area contributed by atoms with Gasteiger partial charge >= 0.3 is 0 Å². The van der Waals surface area contributed by atoms with Gasteiger partial charge in [0, 0.05) is 6.07 Å². The van der Waals surface area contributed by atoms with Gasteiger partial charge in [-0.05, 0) is 30.5 Å². The van der Waals surface area contributed by atoms with Crippen LogP contribution < -0.4 is 5.73 Å². The number of aromatic nitrogens is 2. The molecule has 0 aliphatic heterocycles. The highest BCUT2D eigenvalue weighted by atomic mass is 15.3. The van der Waals surface area contributed by atoms with Gasteiger partial charge in [0.1, 0.15) is 5.82 Å². The molecule has 1 aromatic carbocycles. The number of nitrogens with two attached hydrogens (primary N) is 1. The third-order valence-corrected chi connectivity index (χ3v) is 2.88. The molecule has 17 heavy (non-hydrogen) atoms. The Kier molecular flexibility index (Phi) is 3.47. The summed E-state index contributed by atoms with van der Waals surface area (Å²) >= 11 is 0. The molecule has 1 heterocycles. The van der Waals surface area contributed by atoms with E-state index >= 15 is 0 Å². The van der Waals surface area contributed by atoms with E-state index in [0.29, 0.717) is 5.82 Å². The van der Waals surface area contributed by atoms with Gasteiger partial charge in [0.2, 0.25) is 0 Å². The van der Waals surface area contributed by atoms with Crippen LogP contribution in [0.25, 0.3) is 5.69 Å². The second-order valence-corrected chi connectivity index (χ2v) is 4.24. The first kappa shape index (κ1) is 11.7. The van der Waals surface area contributed by atoms with E-state index in [9.17, 15) is 0 Å². The minimum Gasteiger partial charge on any atom is -0.384 e. The molecule has 0 fully saturated rings. The number of nitrogen functional groups attached to an aromatic ring is 1. The van der Waals surface area contributed by atoms with Gasteiger partial charge in [0.05, 0.1) is 11.4 Å². The molecule has 3 nitrogen and oxygen atoms in total. The maximum absolute atomic E-state index is 5.97. The van der Waals surface area contributed by atoms with Crippen molar-refractivity contribution in [1.82, 2.24) is 9.78 Å². The van der Waals surface area contributed by atoms with Crippen LogP contribution in [0.1, 0.15) is 31.5 Å². The number of hydrogen-bond donors (Lipinski definition) is 1. The summed E-state index contributed by atoms with van der Waals surface area (Å²) < 4.78 is 1.81. The van der Waals surface area contributed by atoms with Crippen LogP contribution in [0.15, 0.2) is 30.3 Å². The van der Waals surface area contributed by atoms with Gasteiger partial charge in [-0.1, -0.05) is 32.4 Å². The second-order valence-electron chi connectivity index (χ2n) is 4.24. The topological polar surface area (TPSA) is 43.8 Å². The molecule has 0 aliphatic carbocycles. The molecule has 0 unspecified atom stereocenters. The van der Waals surface area contributed by atoms with Crippen molar-refractivity contribution in [3.8, 4) is 5.69 Å². The summed E-state index contributed by atoms with van der Waals surface area (Å²) in [5.41, 5.74) is 9.39. The van der Waals surface area contributed by atoms with Crippen LogP contribution in [0, 0.1) is 0 Å². The van der Waals surface area contributed by atoms with Gasteiger partial charge in [-0.15, -0.1) is 0 Å². The molecule has 2 rings (SSSR count). The smallest absolute Gasteiger partial charge is 0.127 e. The van der Waals surface area contributed by atoms with Crippen LogP contribution in [-0.2, 0) is 12.8 Å². The highest BCUT2D eigenvalue weighted by molar-refractivity contribution is 5.43. The van der Waals surface area contributed by atoms with Gasteiger partial charge in [0.25, 0.3) is 0 Å². The van der Waals surface area contributed by atoms with E-state index in [2.05, 4.69) is 43.2 Å². The largest absolute Gasteiger partial charge is 0.384 e. The van der Waals surface area contributed by atoms with Crippen LogP contribution in [0.5, 0.6) is 0 Å². The Hall–Kier alpha value is -1.77. The lowest BCUT2D eigenvalue weighted by Gasteiger charge is -2.04. The van der Waals surface area contributed by atoms with Crippen LogP contribution in [0.4, 0.5) is 5.82 Å². The first-order valence-electron chi connectivity index (χ1n) is 6.18. The summed E-state index contributed by atoms with van der Waals surface area (Å²) in [6.45, 7) is 4.29.